The molecule has 4 rings (SSSR count). The topological polar surface area (TPSA) is 131 Å². The van der Waals surface area contributed by atoms with Gasteiger partial charge in [0.2, 0.25) is 0 Å². The zero-order valence-electron chi connectivity index (χ0n) is 22.6. The molecule has 41 heavy (non-hydrogen) atoms. The Bertz CT molecular complexity index is 1840. The third-order valence-corrected chi connectivity index (χ3v) is 9.37. The Hall–Kier alpha value is -4.06. The van der Waals surface area contributed by atoms with Gasteiger partial charge in [0.1, 0.15) is 10.6 Å². The van der Waals surface area contributed by atoms with Gasteiger partial charge in [-0.2, -0.15) is 0 Å². The van der Waals surface area contributed by atoms with E-state index in [-0.39, 0.29) is 20.4 Å². The zero-order chi connectivity index (χ0) is 29.9. The van der Waals surface area contributed by atoms with Crippen molar-refractivity contribution >= 4 is 54.6 Å². The first-order valence-electron chi connectivity index (χ1n) is 12.3. The molecule has 4 aromatic rings. The van der Waals surface area contributed by atoms with E-state index in [0.29, 0.717) is 22.8 Å². The predicted octanol–water partition coefficient (Wildman–Crippen LogP) is 6.13. The largest absolute Gasteiger partial charge is 0.495 e. The maximum Gasteiger partial charge on any atom is 0.263 e. The molecule has 0 fully saturated rings. The lowest BCUT2D eigenvalue weighted by Crippen LogP contribution is -2.17. The Balaban J connectivity index is 1.52. The molecule has 0 radical (unpaired) electrons. The van der Waals surface area contributed by atoms with Gasteiger partial charge in [0.05, 0.1) is 28.4 Å². The van der Waals surface area contributed by atoms with Crippen LogP contribution in [0.2, 0.25) is 5.02 Å². The van der Waals surface area contributed by atoms with Crippen molar-refractivity contribution < 1.29 is 26.4 Å². The lowest BCUT2D eigenvalue weighted by atomic mass is 10.1. The monoisotopic (exact) mass is 613 g/mol. The Morgan fingerprint density at radius 3 is 2.00 bits per heavy atom. The van der Waals surface area contributed by atoms with Crippen LogP contribution in [0.4, 0.5) is 17.1 Å². The number of nitrogens with one attached hydrogen (secondary N) is 3. The molecule has 0 aliphatic carbocycles. The molecule has 4 aromatic carbocycles. The summed E-state index contributed by atoms with van der Waals surface area (Å²) >= 11 is 6.21. The van der Waals surface area contributed by atoms with Crippen molar-refractivity contribution in [2.24, 2.45) is 0 Å². The number of aryl methyl sites for hydroxylation is 3. The second kappa shape index (κ2) is 11.8. The van der Waals surface area contributed by atoms with Crippen LogP contribution in [0.5, 0.6) is 5.75 Å². The van der Waals surface area contributed by atoms with Crippen molar-refractivity contribution in [3.05, 3.63) is 106 Å². The van der Waals surface area contributed by atoms with Gasteiger partial charge < -0.3 is 10.1 Å². The van der Waals surface area contributed by atoms with Gasteiger partial charge in [-0.25, -0.2) is 16.8 Å². The number of amides is 1. The lowest BCUT2D eigenvalue weighted by molar-refractivity contribution is 0.102. The van der Waals surface area contributed by atoms with E-state index in [1.807, 2.05) is 19.9 Å². The molecule has 0 atom stereocenters. The van der Waals surface area contributed by atoms with Gasteiger partial charge in [0.15, 0.2) is 0 Å². The molecule has 0 saturated heterocycles. The second-order valence-corrected chi connectivity index (χ2v) is 13.1. The number of carbonyl (C=O) groups is 1. The summed E-state index contributed by atoms with van der Waals surface area (Å²) in [7, 11) is -6.62. The molecule has 12 heteroatoms. The van der Waals surface area contributed by atoms with Crippen molar-refractivity contribution in [2.75, 3.05) is 21.9 Å². The van der Waals surface area contributed by atoms with Gasteiger partial charge >= 0.3 is 0 Å². The molecule has 0 saturated carbocycles. The first kappa shape index (κ1) is 29.9. The fourth-order valence-corrected chi connectivity index (χ4v) is 6.63. The number of methoxy groups -OCH3 is 1. The molecule has 1 amide bonds. The van der Waals surface area contributed by atoms with Crippen LogP contribution in [0, 0.1) is 20.8 Å². The van der Waals surface area contributed by atoms with E-state index in [1.54, 1.807) is 37.3 Å². The van der Waals surface area contributed by atoms with Crippen LogP contribution in [0.1, 0.15) is 27.0 Å². The maximum atomic E-state index is 13.1. The lowest BCUT2D eigenvalue weighted by Gasteiger charge is -2.14. The van der Waals surface area contributed by atoms with E-state index in [9.17, 15) is 21.6 Å². The zero-order valence-corrected chi connectivity index (χ0v) is 25.0. The van der Waals surface area contributed by atoms with Crippen molar-refractivity contribution in [1.29, 1.82) is 0 Å². The Morgan fingerprint density at radius 2 is 1.34 bits per heavy atom. The minimum Gasteiger partial charge on any atom is -0.495 e. The van der Waals surface area contributed by atoms with Crippen LogP contribution in [0.15, 0.2) is 88.7 Å². The van der Waals surface area contributed by atoms with Crippen molar-refractivity contribution in [3.8, 4) is 5.75 Å². The van der Waals surface area contributed by atoms with Crippen LogP contribution in [0.25, 0.3) is 0 Å². The van der Waals surface area contributed by atoms with Crippen molar-refractivity contribution in [3.63, 3.8) is 0 Å². The molecule has 3 N–H and O–H groups in total. The quantitative estimate of drug-likeness (QED) is 0.208. The average molecular weight is 614 g/mol. The molecule has 214 valence electrons. The van der Waals surface area contributed by atoms with Crippen molar-refractivity contribution in [1.82, 2.24) is 0 Å². The van der Waals surface area contributed by atoms with E-state index < -0.39 is 26.0 Å². The number of benzene rings is 4. The summed E-state index contributed by atoms with van der Waals surface area (Å²) in [6.45, 7) is 5.44. The molecule has 0 bridgehead atoms. The summed E-state index contributed by atoms with van der Waals surface area (Å²) in [5, 5.41) is 2.59. The molecule has 0 unspecified atom stereocenters. The first-order chi connectivity index (χ1) is 19.3. The molecule has 0 spiro atoms. The van der Waals surface area contributed by atoms with Gasteiger partial charge in [0.25, 0.3) is 26.0 Å². The summed E-state index contributed by atoms with van der Waals surface area (Å²) in [6, 6.07) is 19.9. The van der Waals surface area contributed by atoms with Gasteiger partial charge in [-0.1, -0.05) is 29.8 Å². The van der Waals surface area contributed by atoms with Crippen LogP contribution in [0.3, 0.4) is 0 Å². The Labute approximate surface area is 244 Å². The molecule has 0 aliphatic heterocycles. The fourth-order valence-electron chi connectivity index (χ4n) is 3.92. The minimum atomic E-state index is -4.11. The average Bonchev–Trinajstić information content (AvgIpc) is 2.91. The summed E-state index contributed by atoms with van der Waals surface area (Å²) in [5.74, 6) is -0.236. The van der Waals surface area contributed by atoms with Crippen LogP contribution < -0.4 is 19.5 Å². The Morgan fingerprint density at radius 1 is 0.732 bits per heavy atom. The summed E-state index contributed by atoms with van der Waals surface area (Å²) in [4.78, 5) is 12.7. The number of rotatable bonds is 9. The smallest absolute Gasteiger partial charge is 0.263 e. The van der Waals surface area contributed by atoms with Gasteiger partial charge in [-0.05, 0) is 98.1 Å². The third kappa shape index (κ3) is 6.99. The number of hydrogen-bond donors (Lipinski definition) is 3. The highest BCUT2D eigenvalue weighted by molar-refractivity contribution is 7.93. The van der Waals surface area contributed by atoms with E-state index >= 15 is 0 Å². The molecule has 9 nitrogen and oxygen atoms in total. The molecular formula is C29H28ClN3O6S2. The van der Waals surface area contributed by atoms with E-state index in [4.69, 9.17) is 16.3 Å². The van der Waals surface area contributed by atoms with E-state index in [1.165, 1.54) is 49.6 Å². The number of sulfonamides is 2. The van der Waals surface area contributed by atoms with Crippen LogP contribution in [-0.4, -0.2) is 29.9 Å². The Kier molecular flexibility index (Phi) is 8.62. The minimum absolute atomic E-state index is 0.0311. The van der Waals surface area contributed by atoms with Gasteiger partial charge in [0, 0.05) is 11.3 Å². The number of anilines is 3. The highest BCUT2D eigenvalue weighted by Gasteiger charge is 2.22. The fraction of sp³-hybridized carbons (Fsp3) is 0.138. The number of hydrogen-bond acceptors (Lipinski definition) is 6. The number of ether oxygens (including phenoxy) is 1. The second-order valence-electron chi connectivity index (χ2n) is 9.36. The van der Waals surface area contributed by atoms with Crippen LogP contribution in [-0.2, 0) is 20.0 Å². The normalized spacial score (nSPS) is 11.5. The number of carbonyl (C=O) groups excluding carboxylic acids is 1. The molecule has 0 heterocycles. The standard InChI is InChI=1S/C29H28ClN3O6S2/c1-18-5-7-20(3)25(15-18)32-41(37,38)28-17-21(8-13-24(28)30)29(34)31-22-9-11-23(12-10-22)40(35,36)33-26-16-19(2)6-14-27(26)39-4/h5-17,32-33H,1-4H3,(H,31,34). The van der Waals surface area contributed by atoms with Crippen LogP contribution >= 0.6 is 11.6 Å². The van der Waals surface area contributed by atoms with Crippen molar-refractivity contribution in [2.45, 2.75) is 30.6 Å². The van der Waals surface area contributed by atoms with Gasteiger partial charge in [-0.15, -0.1) is 0 Å². The predicted molar refractivity (Wildman–Crippen MR) is 161 cm³/mol. The molecular weight excluding hydrogens is 586 g/mol. The SMILES string of the molecule is COc1ccc(C)cc1NS(=O)(=O)c1ccc(NC(=O)c2ccc(Cl)c(S(=O)(=O)Nc3cc(C)ccc3C)c2)cc1. The number of halogens is 1. The molecule has 0 aliphatic rings. The highest BCUT2D eigenvalue weighted by atomic mass is 35.5. The third-order valence-electron chi connectivity index (χ3n) is 6.14. The van der Waals surface area contributed by atoms with E-state index in [0.717, 1.165) is 16.7 Å². The van der Waals surface area contributed by atoms with E-state index in [2.05, 4.69) is 14.8 Å². The maximum absolute atomic E-state index is 13.1. The van der Waals surface area contributed by atoms with Gasteiger partial charge in [-0.3, -0.25) is 14.2 Å². The summed E-state index contributed by atoms with van der Waals surface area (Å²) in [6.07, 6.45) is 0. The molecule has 0 aromatic heterocycles. The summed E-state index contributed by atoms with van der Waals surface area (Å²) < 4.78 is 62.5. The highest BCUT2D eigenvalue weighted by Crippen LogP contribution is 2.29. The first-order valence-corrected chi connectivity index (χ1v) is 15.6. The summed E-state index contributed by atoms with van der Waals surface area (Å²) in [5.41, 5.74) is 3.49.